The third-order valence-corrected chi connectivity index (χ3v) is 4.70. The summed E-state index contributed by atoms with van der Waals surface area (Å²) >= 11 is 0. The van der Waals surface area contributed by atoms with E-state index in [4.69, 9.17) is 0 Å². The standard InChI is InChI=1S/C25H24/c1-5-18(2)23(21-12-8-6-9-13-21)25-20(4)17-16-19(3)24(25)22-14-10-7-11-15-22/h5-17H,4H2,1-3H3. The maximum Gasteiger partial charge on any atom is -0.00275 e. The van der Waals surface area contributed by atoms with Gasteiger partial charge in [0.1, 0.15) is 0 Å². The highest BCUT2D eigenvalue weighted by Gasteiger charge is 2.11. The van der Waals surface area contributed by atoms with E-state index in [1.165, 1.54) is 38.6 Å². The van der Waals surface area contributed by atoms with E-state index in [0.717, 1.165) is 5.22 Å². The highest BCUT2D eigenvalue weighted by molar-refractivity contribution is 5.83. The van der Waals surface area contributed by atoms with Crippen LogP contribution in [0.4, 0.5) is 0 Å². The Balaban J connectivity index is 2.55. The minimum Gasteiger partial charge on any atom is -0.0911 e. The summed E-state index contributed by atoms with van der Waals surface area (Å²) in [5.41, 5.74) is 7.53. The zero-order chi connectivity index (χ0) is 17.8. The predicted molar refractivity (Wildman–Crippen MR) is 110 cm³/mol. The molecule has 0 N–H and O–H groups in total. The van der Waals surface area contributed by atoms with Crippen LogP contribution in [0.3, 0.4) is 0 Å². The van der Waals surface area contributed by atoms with Gasteiger partial charge in [-0.3, -0.25) is 0 Å². The molecule has 0 bridgehead atoms. The van der Waals surface area contributed by atoms with Gasteiger partial charge in [0, 0.05) is 0 Å². The van der Waals surface area contributed by atoms with Crippen molar-refractivity contribution < 1.29 is 0 Å². The average molecular weight is 324 g/mol. The molecule has 0 unspecified atom stereocenters. The van der Waals surface area contributed by atoms with Crippen molar-refractivity contribution in [3.8, 4) is 11.1 Å². The van der Waals surface area contributed by atoms with Gasteiger partial charge in [-0.15, -0.1) is 0 Å². The van der Waals surface area contributed by atoms with E-state index in [1.807, 2.05) is 0 Å². The van der Waals surface area contributed by atoms with Gasteiger partial charge in [-0.05, 0) is 64.6 Å². The van der Waals surface area contributed by atoms with Crippen LogP contribution in [0.2, 0.25) is 0 Å². The highest BCUT2D eigenvalue weighted by Crippen LogP contribution is 2.24. The van der Waals surface area contributed by atoms with Crippen molar-refractivity contribution in [3.05, 3.63) is 106 Å². The van der Waals surface area contributed by atoms with Crippen LogP contribution in [-0.2, 0) is 0 Å². The van der Waals surface area contributed by atoms with E-state index < -0.39 is 0 Å². The van der Waals surface area contributed by atoms with Crippen LogP contribution in [-0.4, -0.2) is 0 Å². The molecule has 3 aromatic carbocycles. The fourth-order valence-electron chi connectivity index (χ4n) is 3.33. The number of hydrogen-bond donors (Lipinski definition) is 0. The predicted octanol–water partition coefficient (Wildman–Crippen LogP) is 5.24. The molecule has 0 amide bonds. The molecule has 3 rings (SSSR count). The van der Waals surface area contributed by atoms with Gasteiger partial charge in [0.2, 0.25) is 0 Å². The van der Waals surface area contributed by atoms with Crippen LogP contribution in [0.1, 0.15) is 25.0 Å². The Kier molecular flexibility index (Phi) is 5.00. The monoisotopic (exact) mass is 324 g/mol. The Bertz CT molecular complexity index is 1010. The summed E-state index contributed by atoms with van der Waals surface area (Å²) < 4.78 is 0. The molecule has 0 aliphatic heterocycles. The van der Waals surface area contributed by atoms with Crippen molar-refractivity contribution in [1.29, 1.82) is 0 Å². The van der Waals surface area contributed by atoms with Crippen LogP contribution in [0, 0.1) is 6.92 Å². The lowest BCUT2D eigenvalue weighted by Crippen LogP contribution is -2.29. The van der Waals surface area contributed by atoms with Gasteiger partial charge in [0.25, 0.3) is 0 Å². The number of rotatable bonds is 3. The summed E-state index contributed by atoms with van der Waals surface area (Å²) in [6.45, 7) is 10.8. The molecule has 25 heavy (non-hydrogen) atoms. The van der Waals surface area contributed by atoms with E-state index in [1.54, 1.807) is 0 Å². The Morgan fingerprint density at radius 3 is 2.04 bits per heavy atom. The zero-order valence-electron chi connectivity index (χ0n) is 15.2. The molecule has 0 saturated carbocycles. The summed E-state index contributed by atoms with van der Waals surface area (Å²) in [6, 6.07) is 25.5. The van der Waals surface area contributed by atoms with Crippen LogP contribution in [0.5, 0.6) is 0 Å². The van der Waals surface area contributed by atoms with Gasteiger partial charge in [-0.1, -0.05) is 85.5 Å². The number of benzene rings is 3. The Morgan fingerprint density at radius 2 is 1.44 bits per heavy atom. The first kappa shape index (κ1) is 17.0. The van der Waals surface area contributed by atoms with E-state index in [-0.39, 0.29) is 0 Å². The summed E-state index contributed by atoms with van der Waals surface area (Å²) in [6.07, 6.45) is 2.18. The second kappa shape index (κ2) is 7.36. The Morgan fingerprint density at radius 1 is 0.840 bits per heavy atom. The SMILES string of the molecule is C=c1ccc(C)c(-c2ccccc2)c1=C(C(C)=CC)c1ccccc1. The molecule has 0 heterocycles. The van der Waals surface area contributed by atoms with Gasteiger partial charge < -0.3 is 0 Å². The van der Waals surface area contributed by atoms with E-state index >= 15 is 0 Å². The van der Waals surface area contributed by atoms with Gasteiger partial charge in [0.15, 0.2) is 0 Å². The van der Waals surface area contributed by atoms with Crippen molar-refractivity contribution in [1.82, 2.24) is 0 Å². The number of aryl methyl sites for hydroxylation is 1. The molecule has 0 saturated heterocycles. The third-order valence-electron chi connectivity index (χ3n) is 4.70. The molecule has 0 aliphatic carbocycles. The van der Waals surface area contributed by atoms with Gasteiger partial charge in [0.05, 0.1) is 0 Å². The fourth-order valence-corrected chi connectivity index (χ4v) is 3.33. The quantitative estimate of drug-likeness (QED) is 0.618. The second-order valence-corrected chi connectivity index (χ2v) is 6.37. The molecule has 0 heteroatoms. The van der Waals surface area contributed by atoms with Crippen LogP contribution >= 0.6 is 0 Å². The summed E-state index contributed by atoms with van der Waals surface area (Å²) in [7, 11) is 0. The first-order chi connectivity index (χ1) is 12.1. The second-order valence-electron chi connectivity index (χ2n) is 6.37. The third kappa shape index (κ3) is 3.34. The largest absolute Gasteiger partial charge is 0.0911 e. The van der Waals surface area contributed by atoms with E-state index in [9.17, 15) is 0 Å². The topological polar surface area (TPSA) is 0 Å². The molecule has 0 spiro atoms. The summed E-state index contributed by atoms with van der Waals surface area (Å²) in [5.74, 6) is 0. The smallest absolute Gasteiger partial charge is 0.00275 e. The summed E-state index contributed by atoms with van der Waals surface area (Å²) in [4.78, 5) is 0. The lowest BCUT2D eigenvalue weighted by molar-refractivity contribution is 1.35. The zero-order valence-corrected chi connectivity index (χ0v) is 15.2. The maximum atomic E-state index is 4.36. The molecular formula is C25H24. The van der Waals surface area contributed by atoms with E-state index in [0.29, 0.717) is 0 Å². The van der Waals surface area contributed by atoms with Gasteiger partial charge in [-0.2, -0.15) is 0 Å². The Hall–Kier alpha value is -2.86. The molecule has 3 aromatic rings. The molecular weight excluding hydrogens is 300 g/mol. The van der Waals surface area contributed by atoms with Crippen molar-refractivity contribution >= 4 is 12.2 Å². The Labute approximate surface area is 150 Å². The lowest BCUT2D eigenvalue weighted by atomic mass is 9.89. The van der Waals surface area contributed by atoms with Crippen LogP contribution in [0.15, 0.2) is 84.4 Å². The fraction of sp³-hybridized carbons (Fsp3) is 0.120. The molecule has 0 aliphatic rings. The molecule has 0 atom stereocenters. The molecule has 0 nitrogen and oxygen atoms in total. The maximum absolute atomic E-state index is 4.36. The summed E-state index contributed by atoms with van der Waals surface area (Å²) in [5, 5.41) is 2.29. The first-order valence-corrected chi connectivity index (χ1v) is 8.70. The lowest BCUT2D eigenvalue weighted by Gasteiger charge is -2.15. The molecule has 0 radical (unpaired) electrons. The normalized spacial score (nSPS) is 12.8. The highest BCUT2D eigenvalue weighted by atomic mass is 14.1. The number of allylic oxidation sites excluding steroid dienone is 2. The van der Waals surface area contributed by atoms with Crippen molar-refractivity contribution in [2.45, 2.75) is 20.8 Å². The van der Waals surface area contributed by atoms with Crippen LogP contribution < -0.4 is 10.4 Å². The van der Waals surface area contributed by atoms with Gasteiger partial charge >= 0.3 is 0 Å². The minimum atomic E-state index is 1.06. The van der Waals surface area contributed by atoms with Crippen LogP contribution in [0.25, 0.3) is 23.3 Å². The van der Waals surface area contributed by atoms with Crippen molar-refractivity contribution in [2.24, 2.45) is 0 Å². The molecule has 0 aromatic heterocycles. The first-order valence-electron chi connectivity index (χ1n) is 8.70. The van der Waals surface area contributed by atoms with E-state index in [2.05, 4.69) is 106 Å². The van der Waals surface area contributed by atoms with Crippen molar-refractivity contribution in [2.75, 3.05) is 0 Å². The van der Waals surface area contributed by atoms with Crippen molar-refractivity contribution in [3.63, 3.8) is 0 Å². The molecule has 0 fully saturated rings. The average Bonchev–Trinajstić information content (AvgIpc) is 2.66. The minimum absolute atomic E-state index is 1.06. The molecule has 124 valence electrons. The van der Waals surface area contributed by atoms with Gasteiger partial charge in [-0.25, -0.2) is 0 Å². The number of hydrogen-bond acceptors (Lipinski definition) is 0.